The zero-order valence-corrected chi connectivity index (χ0v) is 15.5. The highest BCUT2D eigenvalue weighted by molar-refractivity contribution is 5.68. The summed E-state index contributed by atoms with van der Waals surface area (Å²) >= 11 is 0. The normalized spacial score (nSPS) is 17.7. The molecule has 5 heteroatoms. The van der Waals surface area contributed by atoms with Crippen molar-refractivity contribution in [2.24, 2.45) is 0 Å². The van der Waals surface area contributed by atoms with E-state index in [1.54, 1.807) is 4.90 Å². The largest absolute Gasteiger partial charge is 0.444 e. The number of rotatable bonds is 3. The third-order valence-electron chi connectivity index (χ3n) is 4.25. The molecular weight excluding hydrogens is 304 g/mol. The molecule has 24 heavy (non-hydrogen) atoms. The number of β-amino-alcohol motifs (C(OH)–C–C–N with tert-alkyl or cyclic N) is 1. The van der Waals surface area contributed by atoms with E-state index in [9.17, 15) is 9.90 Å². The highest BCUT2D eigenvalue weighted by Crippen LogP contribution is 2.21. The Labute approximate surface area is 145 Å². The van der Waals surface area contributed by atoms with Crippen LogP contribution in [0.3, 0.4) is 0 Å². The van der Waals surface area contributed by atoms with Gasteiger partial charge in [-0.1, -0.05) is 23.8 Å². The Morgan fingerprint density at radius 3 is 2.42 bits per heavy atom. The zero-order chi connectivity index (χ0) is 17.9. The van der Waals surface area contributed by atoms with Crippen molar-refractivity contribution in [3.8, 4) is 0 Å². The van der Waals surface area contributed by atoms with Gasteiger partial charge in [0.15, 0.2) is 0 Å². The number of aryl methyl sites for hydroxylation is 2. The van der Waals surface area contributed by atoms with Crippen molar-refractivity contribution in [3.63, 3.8) is 0 Å². The third kappa shape index (κ3) is 5.21. The summed E-state index contributed by atoms with van der Waals surface area (Å²) in [7, 11) is 0. The summed E-state index contributed by atoms with van der Waals surface area (Å²) in [6, 6.07) is 6.16. The zero-order valence-electron chi connectivity index (χ0n) is 15.5. The first-order valence-corrected chi connectivity index (χ1v) is 8.61. The number of aliphatic hydroxyl groups excluding tert-OH is 1. The van der Waals surface area contributed by atoms with Gasteiger partial charge in [-0.2, -0.15) is 0 Å². The van der Waals surface area contributed by atoms with Gasteiger partial charge in [-0.3, -0.25) is 4.90 Å². The van der Waals surface area contributed by atoms with Gasteiger partial charge in [-0.05, 0) is 45.7 Å². The minimum Gasteiger partial charge on any atom is -0.444 e. The molecule has 1 aromatic rings. The van der Waals surface area contributed by atoms with Gasteiger partial charge < -0.3 is 14.7 Å². The van der Waals surface area contributed by atoms with Crippen LogP contribution < -0.4 is 0 Å². The molecule has 2 rings (SSSR count). The van der Waals surface area contributed by atoms with Gasteiger partial charge in [-0.15, -0.1) is 0 Å². The third-order valence-corrected chi connectivity index (χ3v) is 4.25. The van der Waals surface area contributed by atoms with Crippen LogP contribution in [0.25, 0.3) is 0 Å². The monoisotopic (exact) mass is 334 g/mol. The SMILES string of the molecule is Cc1ccc(C)c(C(O)CN2CCN(C(=O)OC(C)(C)C)CC2)c1. The van der Waals surface area contributed by atoms with E-state index in [2.05, 4.69) is 17.0 Å². The van der Waals surface area contributed by atoms with E-state index in [0.717, 1.165) is 29.8 Å². The molecule has 1 aliphatic rings. The predicted molar refractivity (Wildman–Crippen MR) is 95.1 cm³/mol. The lowest BCUT2D eigenvalue weighted by Gasteiger charge is -2.36. The molecule has 0 aromatic heterocycles. The molecule has 0 bridgehead atoms. The highest BCUT2D eigenvalue weighted by Gasteiger charge is 2.26. The van der Waals surface area contributed by atoms with Crippen LogP contribution in [0.4, 0.5) is 4.79 Å². The second-order valence-electron chi connectivity index (χ2n) is 7.64. The number of carbonyl (C=O) groups excluding carboxylic acids is 1. The van der Waals surface area contributed by atoms with Crippen molar-refractivity contribution < 1.29 is 14.6 Å². The maximum Gasteiger partial charge on any atom is 0.410 e. The van der Waals surface area contributed by atoms with Crippen molar-refractivity contribution in [1.82, 2.24) is 9.80 Å². The molecule has 1 aliphatic heterocycles. The molecule has 1 heterocycles. The molecule has 5 nitrogen and oxygen atoms in total. The number of carbonyl (C=O) groups is 1. The average molecular weight is 334 g/mol. The molecule has 0 radical (unpaired) electrons. The van der Waals surface area contributed by atoms with E-state index in [0.29, 0.717) is 19.6 Å². The minimum absolute atomic E-state index is 0.253. The Bertz CT molecular complexity index is 572. The number of nitrogens with zero attached hydrogens (tertiary/aromatic N) is 2. The minimum atomic E-state index is -0.502. The van der Waals surface area contributed by atoms with Crippen LogP contribution in [0.15, 0.2) is 18.2 Å². The molecule has 1 fully saturated rings. The Morgan fingerprint density at radius 2 is 1.83 bits per heavy atom. The van der Waals surface area contributed by atoms with Crippen LogP contribution in [0.1, 0.15) is 43.6 Å². The first-order chi connectivity index (χ1) is 11.2. The summed E-state index contributed by atoms with van der Waals surface area (Å²) in [6.07, 6.45) is -0.754. The van der Waals surface area contributed by atoms with E-state index in [-0.39, 0.29) is 6.09 Å². The van der Waals surface area contributed by atoms with Gasteiger partial charge in [0.1, 0.15) is 5.60 Å². The van der Waals surface area contributed by atoms with E-state index < -0.39 is 11.7 Å². The van der Waals surface area contributed by atoms with Gasteiger partial charge in [-0.25, -0.2) is 4.79 Å². The van der Waals surface area contributed by atoms with Gasteiger partial charge in [0.2, 0.25) is 0 Å². The number of amides is 1. The highest BCUT2D eigenvalue weighted by atomic mass is 16.6. The molecule has 1 amide bonds. The molecule has 1 unspecified atom stereocenters. The van der Waals surface area contributed by atoms with Crippen LogP contribution >= 0.6 is 0 Å². The first-order valence-electron chi connectivity index (χ1n) is 8.61. The van der Waals surface area contributed by atoms with Crippen molar-refractivity contribution >= 4 is 6.09 Å². The van der Waals surface area contributed by atoms with Crippen molar-refractivity contribution in [2.75, 3.05) is 32.7 Å². The number of hydrogen-bond donors (Lipinski definition) is 1. The lowest BCUT2D eigenvalue weighted by atomic mass is 10.0. The van der Waals surface area contributed by atoms with Crippen LogP contribution in [-0.4, -0.2) is 59.3 Å². The van der Waals surface area contributed by atoms with E-state index in [1.165, 1.54) is 0 Å². The lowest BCUT2D eigenvalue weighted by Crippen LogP contribution is -2.50. The fourth-order valence-corrected chi connectivity index (χ4v) is 2.90. The van der Waals surface area contributed by atoms with Gasteiger partial charge >= 0.3 is 6.09 Å². The van der Waals surface area contributed by atoms with Crippen molar-refractivity contribution in [3.05, 3.63) is 34.9 Å². The summed E-state index contributed by atoms with van der Waals surface area (Å²) in [5.74, 6) is 0. The summed E-state index contributed by atoms with van der Waals surface area (Å²) in [5.41, 5.74) is 2.79. The Balaban J connectivity index is 1.86. The molecule has 134 valence electrons. The molecule has 1 atom stereocenters. The number of piperazine rings is 1. The van der Waals surface area contributed by atoms with Crippen molar-refractivity contribution in [2.45, 2.75) is 46.3 Å². The van der Waals surface area contributed by atoms with E-state index in [1.807, 2.05) is 40.7 Å². The number of benzene rings is 1. The van der Waals surface area contributed by atoms with Crippen LogP contribution in [0.2, 0.25) is 0 Å². The van der Waals surface area contributed by atoms with Crippen LogP contribution in [0.5, 0.6) is 0 Å². The Kier molecular flexibility index (Phi) is 5.88. The fraction of sp³-hybridized carbons (Fsp3) is 0.632. The van der Waals surface area contributed by atoms with Gasteiger partial charge in [0.05, 0.1) is 6.10 Å². The summed E-state index contributed by atoms with van der Waals surface area (Å²) in [6.45, 7) is 13.1. The number of hydrogen-bond acceptors (Lipinski definition) is 4. The second-order valence-corrected chi connectivity index (χ2v) is 7.64. The topological polar surface area (TPSA) is 53.0 Å². The Morgan fingerprint density at radius 1 is 1.21 bits per heavy atom. The summed E-state index contributed by atoms with van der Waals surface area (Å²) in [5, 5.41) is 10.6. The lowest BCUT2D eigenvalue weighted by molar-refractivity contribution is 0.0101. The van der Waals surface area contributed by atoms with Crippen LogP contribution in [-0.2, 0) is 4.74 Å². The molecule has 0 aliphatic carbocycles. The molecular formula is C19H30N2O3. The molecule has 0 spiro atoms. The molecule has 1 saturated heterocycles. The average Bonchev–Trinajstić information content (AvgIpc) is 2.48. The number of ether oxygens (including phenoxy) is 1. The maximum atomic E-state index is 12.1. The Hall–Kier alpha value is -1.59. The number of aliphatic hydroxyl groups is 1. The standard InChI is InChI=1S/C19H30N2O3/c1-14-6-7-15(2)16(12-14)17(22)13-20-8-10-21(11-9-20)18(23)24-19(3,4)5/h6-7,12,17,22H,8-11,13H2,1-5H3. The molecule has 1 aromatic carbocycles. The smallest absolute Gasteiger partial charge is 0.410 e. The molecule has 0 saturated carbocycles. The second kappa shape index (κ2) is 7.53. The maximum absolute atomic E-state index is 12.1. The molecule has 1 N–H and O–H groups in total. The van der Waals surface area contributed by atoms with E-state index in [4.69, 9.17) is 4.74 Å². The van der Waals surface area contributed by atoms with E-state index >= 15 is 0 Å². The van der Waals surface area contributed by atoms with Gasteiger partial charge in [0.25, 0.3) is 0 Å². The predicted octanol–water partition coefficient (Wildman–Crippen LogP) is 2.89. The van der Waals surface area contributed by atoms with Crippen molar-refractivity contribution in [1.29, 1.82) is 0 Å². The summed E-state index contributed by atoms with van der Waals surface area (Å²) in [4.78, 5) is 16.0. The fourth-order valence-electron chi connectivity index (χ4n) is 2.90. The summed E-state index contributed by atoms with van der Waals surface area (Å²) < 4.78 is 5.41. The van der Waals surface area contributed by atoms with Gasteiger partial charge in [0, 0.05) is 32.7 Å². The first kappa shape index (κ1) is 18.7. The van der Waals surface area contributed by atoms with Crippen LogP contribution in [0, 0.1) is 13.8 Å². The quantitative estimate of drug-likeness (QED) is 0.923.